The summed E-state index contributed by atoms with van der Waals surface area (Å²) >= 11 is 0. The van der Waals surface area contributed by atoms with Gasteiger partial charge in [-0.15, -0.1) is 0 Å². The molecule has 1 saturated heterocycles. The topological polar surface area (TPSA) is 77.0 Å². The van der Waals surface area contributed by atoms with Crippen LogP contribution in [0.15, 0.2) is 11.6 Å². The van der Waals surface area contributed by atoms with E-state index < -0.39 is 5.97 Å². The number of fused-ring (bicyclic) bond motifs is 3. The van der Waals surface area contributed by atoms with Crippen LogP contribution in [0.4, 0.5) is 0 Å². The molecular formula is C39H65NO5. The van der Waals surface area contributed by atoms with Gasteiger partial charge < -0.3 is 24.6 Å². The molecule has 4 saturated carbocycles. The van der Waals surface area contributed by atoms with Crippen molar-refractivity contribution in [1.82, 2.24) is 5.32 Å². The van der Waals surface area contributed by atoms with Gasteiger partial charge in [-0.3, -0.25) is 4.79 Å². The zero-order chi connectivity index (χ0) is 32.6. The average molecular weight is 628 g/mol. The minimum Gasteiger partial charge on any atom is -0.481 e. The molecule has 2 bridgehead atoms. The second-order valence-electron chi connectivity index (χ2n) is 18.1. The Labute approximate surface area is 274 Å². The smallest absolute Gasteiger partial charge is 0.307 e. The number of methoxy groups -OCH3 is 1. The number of likely N-dealkylation sites (N-methyl/N-ethyl adjacent to an activating group) is 1. The van der Waals surface area contributed by atoms with Crippen molar-refractivity contribution in [2.75, 3.05) is 34.0 Å². The zero-order valence-corrected chi connectivity index (χ0v) is 30.1. The molecule has 0 aromatic rings. The van der Waals surface area contributed by atoms with E-state index in [0.717, 1.165) is 58.3 Å². The van der Waals surface area contributed by atoms with Crippen LogP contribution in [0.3, 0.4) is 0 Å². The Morgan fingerprint density at radius 2 is 1.73 bits per heavy atom. The summed E-state index contributed by atoms with van der Waals surface area (Å²) in [5.74, 6) is 0.703. The Kier molecular flexibility index (Phi) is 8.74. The molecule has 0 aromatic heterocycles. The van der Waals surface area contributed by atoms with Crippen molar-refractivity contribution in [3.05, 3.63) is 11.6 Å². The first-order valence-electron chi connectivity index (χ1n) is 18.5. The lowest BCUT2D eigenvalue weighted by Crippen LogP contribution is -2.70. The summed E-state index contributed by atoms with van der Waals surface area (Å²) in [6.45, 7) is 18.6. The fourth-order valence-electron chi connectivity index (χ4n) is 13.0. The molecule has 0 amide bonds. The quantitative estimate of drug-likeness (QED) is 0.267. The van der Waals surface area contributed by atoms with E-state index in [1.165, 1.54) is 32.1 Å². The molecule has 1 unspecified atom stereocenters. The molecular weight excluding hydrogens is 562 g/mol. The highest BCUT2D eigenvalue weighted by Gasteiger charge is 2.71. The Morgan fingerprint density at radius 1 is 1.02 bits per heavy atom. The highest BCUT2D eigenvalue weighted by atomic mass is 16.5. The molecule has 11 atom stereocenters. The van der Waals surface area contributed by atoms with Gasteiger partial charge in [-0.05, 0) is 98.3 Å². The van der Waals surface area contributed by atoms with Gasteiger partial charge in [-0.2, -0.15) is 0 Å². The number of hydrogen-bond acceptors (Lipinski definition) is 5. The maximum atomic E-state index is 13.4. The monoisotopic (exact) mass is 627 g/mol. The van der Waals surface area contributed by atoms with Gasteiger partial charge >= 0.3 is 5.97 Å². The SMILES string of the molecule is CNC1(CO[C@H]2[C@H](OC)C[C@@]34COCC2(C)[C@@H]3CC[C@H]2C4=CC[C@@]3(C)[C@H](C(=O)O)[C@@](C)([C@H](C)C(C)C)CC[C@]23C)CCCCC1. The number of ether oxygens (including phenoxy) is 3. The summed E-state index contributed by atoms with van der Waals surface area (Å²) in [5, 5.41) is 14.6. The van der Waals surface area contributed by atoms with Crippen LogP contribution in [-0.2, 0) is 19.0 Å². The lowest BCUT2D eigenvalue weighted by molar-refractivity contribution is -0.270. The van der Waals surface area contributed by atoms with E-state index in [1.807, 2.05) is 7.11 Å². The van der Waals surface area contributed by atoms with Gasteiger partial charge in [0.1, 0.15) is 0 Å². The lowest BCUT2D eigenvalue weighted by atomic mass is 9.34. The number of allylic oxidation sites excluding steroid dienone is 1. The van der Waals surface area contributed by atoms with Crippen molar-refractivity contribution in [1.29, 1.82) is 0 Å². The van der Waals surface area contributed by atoms with Crippen molar-refractivity contribution < 1.29 is 24.1 Å². The fraction of sp³-hybridized carbons (Fsp3) is 0.923. The number of nitrogens with one attached hydrogen (secondary N) is 1. The number of carbonyl (C=O) groups is 1. The highest BCUT2D eigenvalue weighted by molar-refractivity contribution is 5.73. The predicted molar refractivity (Wildman–Crippen MR) is 179 cm³/mol. The van der Waals surface area contributed by atoms with Gasteiger partial charge in [0.15, 0.2) is 0 Å². The summed E-state index contributed by atoms with van der Waals surface area (Å²) in [5.41, 5.74) is 0.846. The summed E-state index contributed by atoms with van der Waals surface area (Å²) in [6.07, 6.45) is 14.9. The van der Waals surface area contributed by atoms with Crippen LogP contribution in [0.25, 0.3) is 0 Å². The van der Waals surface area contributed by atoms with Gasteiger partial charge in [-0.25, -0.2) is 0 Å². The summed E-state index contributed by atoms with van der Waals surface area (Å²) in [7, 11) is 3.99. The van der Waals surface area contributed by atoms with Crippen LogP contribution in [0, 0.1) is 56.7 Å². The van der Waals surface area contributed by atoms with Crippen LogP contribution in [-0.4, -0.2) is 62.8 Å². The normalized spacial score (nSPS) is 48.0. The fourth-order valence-corrected chi connectivity index (χ4v) is 13.0. The third-order valence-electron chi connectivity index (χ3n) is 16.3. The summed E-state index contributed by atoms with van der Waals surface area (Å²) in [6, 6.07) is 0. The van der Waals surface area contributed by atoms with E-state index in [4.69, 9.17) is 14.2 Å². The number of carboxylic acids is 1. The molecule has 6 aliphatic rings. The van der Waals surface area contributed by atoms with Crippen LogP contribution >= 0.6 is 0 Å². The molecule has 1 aliphatic heterocycles. The third-order valence-corrected chi connectivity index (χ3v) is 16.3. The van der Waals surface area contributed by atoms with Crippen LogP contribution in [0.5, 0.6) is 0 Å². The van der Waals surface area contributed by atoms with E-state index >= 15 is 0 Å². The van der Waals surface area contributed by atoms with Crippen molar-refractivity contribution >= 4 is 5.97 Å². The van der Waals surface area contributed by atoms with Gasteiger partial charge in [0, 0.05) is 23.5 Å². The first-order valence-corrected chi connectivity index (χ1v) is 18.5. The minimum atomic E-state index is -0.592. The molecule has 45 heavy (non-hydrogen) atoms. The second kappa shape index (κ2) is 11.6. The Balaban J connectivity index is 1.36. The molecule has 6 heteroatoms. The zero-order valence-electron chi connectivity index (χ0n) is 30.1. The Morgan fingerprint density at radius 3 is 2.36 bits per heavy atom. The van der Waals surface area contributed by atoms with Crippen molar-refractivity contribution in [3.8, 4) is 0 Å². The van der Waals surface area contributed by atoms with E-state index in [1.54, 1.807) is 5.57 Å². The average Bonchev–Trinajstić information content (AvgIpc) is 3.00. The molecule has 2 N–H and O–H groups in total. The first-order chi connectivity index (χ1) is 21.2. The maximum Gasteiger partial charge on any atom is 0.307 e. The molecule has 0 aromatic carbocycles. The number of aliphatic carboxylic acids is 1. The standard InChI is InChI=1S/C39H65NO5/c1-25(2)26(3)34(4)19-20-36(6)27-13-14-30-35(5)22-44-24-39(30,28(27)15-18-37(36,7)31(34)33(41)42)21-29(43-9)32(35)45-23-38(40-8)16-11-10-12-17-38/h15,25-27,29-32,40H,10-14,16-24H2,1-9H3,(H,41,42)/t26-,27+,29-,30+,31-,32+,34-,35?,36-,37+,39+/m1/s1. The molecule has 256 valence electrons. The highest BCUT2D eigenvalue weighted by Crippen LogP contribution is 2.75. The second-order valence-corrected chi connectivity index (χ2v) is 18.1. The number of hydrogen-bond donors (Lipinski definition) is 2. The van der Waals surface area contributed by atoms with Crippen molar-refractivity contribution in [2.24, 2.45) is 56.7 Å². The number of rotatable bonds is 8. The van der Waals surface area contributed by atoms with Crippen LogP contribution in [0.2, 0.25) is 0 Å². The predicted octanol–water partition coefficient (Wildman–Crippen LogP) is 7.90. The van der Waals surface area contributed by atoms with E-state index in [2.05, 4.69) is 66.9 Å². The molecule has 6 rings (SSSR count). The summed E-state index contributed by atoms with van der Waals surface area (Å²) in [4.78, 5) is 13.4. The largest absolute Gasteiger partial charge is 0.481 e. The molecule has 0 spiro atoms. The molecule has 0 radical (unpaired) electrons. The van der Waals surface area contributed by atoms with Crippen LogP contribution in [0.1, 0.15) is 119 Å². The minimum absolute atomic E-state index is 0.000954. The Bertz CT molecular complexity index is 1160. The molecule has 5 aliphatic carbocycles. The van der Waals surface area contributed by atoms with Gasteiger partial charge in [0.25, 0.3) is 0 Å². The number of carboxylic acid groups (broad SMARTS) is 1. The summed E-state index contributed by atoms with van der Waals surface area (Å²) < 4.78 is 20.1. The van der Waals surface area contributed by atoms with E-state index in [-0.39, 0.29) is 50.7 Å². The van der Waals surface area contributed by atoms with Crippen molar-refractivity contribution in [3.63, 3.8) is 0 Å². The van der Waals surface area contributed by atoms with Crippen molar-refractivity contribution in [2.45, 2.75) is 137 Å². The lowest BCUT2D eigenvalue weighted by Gasteiger charge is -2.71. The van der Waals surface area contributed by atoms with Gasteiger partial charge in [0.2, 0.25) is 0 Å². The molecule has 1 heterocycles. The van der Waals surface area contributed by atoms with E-state index in [0.29, 0.717) is 23.7 Å². The maximum absolute atomic E-state index is 13.4. The Hall–Kier alpha value is -0.950. The van der Waals surface area contributed by atoms with Gasteiger partial charge in [-0.1, -0.05) is 79.4 Å². The van der Waals surface area contributed by atoms with E-state index in [9.17, 15) is 9.90 Å². The van der Waals surface area contributed by atoms with Crippen LogP contribution < -0.4 is 5.32 Å². The molecule has 5 fully saturated rings. The first kappa shape index (κ1) is 33.9. The third kappa shape index (κ3) is 4.71. The van der Waals surface area contributed by atoms with Gasteiger partial charge in [0.05, 0.1) is 37.9 Å². The molecule has 6 nitrogen and oxygen atoms in total.